The van der Waals surface area contributed by atoms with Crippen LogP contribution < -0.4 is 5.32 Å². The van der Waals surface area contributed by atoms with Crippen LogP contribution in [0.5, 0.6) is 0 Å². The molecular formula is C14H17ClFIN2O. The fraction of sp³-hybridized carbons (Fsp3) is 0.500. The number of piperidine rings is 1. The van der Waals surface area contributed by atoms with Gasteiger partial charge in [0.15, 0.2) is 0 Å². The van der Waals surface area contributed by atoms with Crippen molar-refractivity contribution in [2.24, 2.45) is 5.92 Å². The number of benzene rings is 1. The number of rotatable bonds is 1. The van der Waals surface area contributed by atoms with E-state index in [9.17, 15) is 9.18 Å². The van der Waals surface area contributed by atoms with E-state index in [1.165, 1.54) is 12.1 Å². The average Bonchev–Trinajstić information content (AvgIpc) is 2.85. The Morgan fingerprint density at radius 1 is 1.40 bits per heavy atom. The second-order valence-electron chi connectivity index (χ2n) is 5.27. The van der Waals surface area contributed by atoms with Crippen molar-refractivity contribution in [2.75, 3.05) is 19.6 Å². The minimum atomic E-state index is -0.292. The Kier molecular flexibility index (Phi) is 5.25. The molecule has 0 saturated carbocycles. The van der Waals surface area contributed by atoms with Gasteiger partial charge in [0, 0.05) is 22.7 Å². The van der Waals surface area contributed by atoms with E-state index in [2.05, 4.69) is 5.32 Å². The van der Waals surface area contributed by atoms with Gasteiger partial charge in [-0.3, -0.25) is 4.79 Å². The molecule has 2 heterocycles. The van der Waals surface area contributed by atoms with Gasteiger partial charge in [0.2, 0.25) is 0 Å². The lowest BCUT2D eigenvalue weighted by molar-refractivity contribution is 0.0661. The van der Waals surface area contributed by atoms with Crippen LogP contribution in [0.1, 0.15) is 23.2 Å². The van der Waals surface area contributed by atoms with E-state index < -0.39 is 0 Å². The molecule has 0 aromatic heterocycles. The number of carbonyl (C=O) groups is 1. The van der Waals surface area contributed by atoms with Crippen molar-refractivity contribution in [2.45, 2.75) is 18.9 Å². The Balaban J connectivity index is 0.00000147. The summed E-state index contributed by atoms with van der Waals surface area (Å²) in [6.07, 6.45) is 2.17. The quantitative estimate of drug-likeness (QED) is 0.722. The van der Waals surface area contributed by atoms with Crippen LogP contribution in [0.25, 0.3) is 0 Å². The van der Waals surface area contributed by atoms with Crippen LogP contribution in [0.3, 0.4) is 0 Å². The van der Waals surface area contributed by atoms with Crippen LogP contribution in [-0.2, 0) is 0 Å². The zero-order valence-corrected chi connectivity index (χ0v) is 13.9. The number of fused-ring (bicyclic) bond motifs is 1. The molecule has 3 rings (SSSR count). The molecule has 110 valence electrons. The maximum Gasteiger partial charge on any atom is 0.254 e. The molecular weight excluding hydrogens is 394 g/mol. The van der Waals surface area contributed by atoms with Gasteiger partial charge >= 0.3 is 0 Å². The number of nitrogens with one attached hydrogen (secondary N) is 1. The highest BCUT2D eigenvalue weighted by Gasteiger charge is 2.34. The standard InChI is InChI=1S/C14H16FIN2O.ClH/c15-10-1-2-11(12(16)7-10)14(19)18-6-4-13-9(8-18)3-5-17-13;/h1-2,7,9,13,17H,3-6,8H2;1H. The van der Waals surface area contributed by atoms with Crippen LogP contribution in [0, 0.1) is 15.3 Å². The molecule has 0 spiro atoms. The lowest BCUT2D eigenvalue weighted by Gasteiger charge is -2.35. The predicted octanol–water partition coefficient (Wildman–Crippen LogP) is 2.68. The summed E-state index contributed by atoms with van der Waals surface area (Å²) in [5, 5.41) is 3.49. The molecule has 1 amide bonds. The first-order valence-corrected chi connectivity index (χ1v) is 7.71. The Hall–Kier alpha value is -0.400. The molecule has 0 radical (unpaired) electrons. The first-order chi connectivity index (χ1) is 9.15. The van der Waals surface area contributed by atoms with Gasteiger partial charge in [-0.05, 0) is 66.1 Å². The van der Waals surface area contributed by atoms with Crippen LogP contribution in [0.4, 0.5) is 4.39 Å². The van der Waals surface area contributed by atoms with E-state index in [-0.39, 0.29) is 24.1 Å². The van der Waals surface area contributed by atoms with Crippen molar-refractivity contribution >= 4 is 40.9 Å². The summed E-state index contributed by atoms with van der Waals surface area (Å²) < 4.78 is 13.8. The number of likely N-dealkylation sites (tertiary alicyclic amines) is 1. The van der Waals surface area contributed by atoms with Crippen molar-refractivity contribution in [3.8, 4) is 0 Å². The second-order valence-corrected chi connectivity index (χ2v) is 6.44. The SMILES string of the molecule is Cl.O=C(c1ccc(F)cc1I)N1CCC2NCCC2C1. The molecule has 2 atom stereocenters. The number of hydrogen-bond acceptors (Lipinski definition) is 2. The lowest BCUT2D eigenvalue weighted by Crippen LogP contribution is -2.47. The summed E-state index contributed by atoms with van der Waals surface area (Å²) in [6.45, 7) is 2.68. The maximum atomic E-state index is 13.1. The Labute approximate surface area is 137 Å². The van der Waals surface area contributed by atoms with E-state index in [0.717, 1.165) is 32.5 Å². The van der Waals surface area contributed by atoms with Crippen molar-refractivity contribution in [3.05, 3.63) is 33.1 Å². The van der Waals surface area contributed by atoms with Crippen molar-refractivity contribution < 1.29 is 9.18 Å². The van der Waals surface area contributed by atoms with Crippen LogP contribution in [0.2, 0.25) is 0 Å². The molecule has 3 nitrogen and oxygen atoms in total. The average molecular weight is 411 g/mol. The number of amides is 1. The maximum absolute atomic E-state index is 13.1. The third kappa shape index (κ3) is 3.09. The largest absolute Gasteiger partial charge is 0.338 e. The highest BCUT2D eigenvalue weighted by molar-refractivity contribution is 14.1. The van der Waals surface area contributed by atoms with E-state index in [4.69, 9.17) is 0 Å². The molecule has 1 aromatic carbocycles. The number of hydrogen-bond donors (Lipinski definition) is 1. The summed E-state index contributed by atoms with van der Waals surface area (Å²) in [5.41, 5.74) is 0.617. The fourth-order valence-corrected chi connectivity index (χ4v) is 3.77. The van der Waals surface area contributed by atoms with Gasteiger partial charge in [-0.25, -0.2) is 4.39 Å². The minimum Gasteiger partial charge on any atom is -0.338 e. The first kappa shape index (κ1) is 16.0. The molecule has 0 aliphatic carbocycles. The third-order valence-corrected chi connectivity index (χ3v) is 5.00. The van der Waals surface area contributed by atoms with Crippen LogP contribution in [-0.4, -0.2) is 36.5 Å². The van der Waals surface area contributed by atoms with E-state index >= 15 is 0 Å². The monoisotopic (exact) mass is 410 g/mol. The minimum absolute atomic E-state index is 0. The van der Waals surface area contributed by atoms with E-state index in [1.807, 2.05) is 27.5 Å². The van der Waals surface area contributed by atoms with E-state index in [0.29, 0.717) is 21.1 Å². The number of halogens is 3. The summed E-state index contributed by atoms with van der Waals surface area (Å²) in [4.78, 5) is 14.4. The normalized spacial score (nSPS) is 25.0. The molecule has 2 unspecified atom stereocenters. The summed E-state index contributed by atoms with van der Waals surface area (Å²) >= 11 is 2.03. The number of nitrogens with zero attached hydrogens (tertiary/aromatic N) is 1. The van der Waals surface area contributed by atoms with Crippen LogP contribution >= 0.6 is 35.0 Å². The lowest BCUT2D eigenvalue weighted by atomic mass is 9.93. The van der Waals surface area contributed by atoms with Crippen LogP contribution in [0.15, 0.2) is 18.2 Å². The summed E-state index contributed by atoms with van der Waals surface area (Å²) in [6, 6.07) is 4.95. The van der Waals surface area contributed by atoms with E-state index in [1.54, 1.807) is 6.07 Å². The fourth-order valence-electron chi connectivity index (χ4n) is 3.07. The molecule has 20 heavy (non-hydrogen) atoms. The molecule has 0 bridgehead atoms. The van der Waals surface area contributed by atoms with Crippen molar-refractivity contribution in [1.29, 1.82) is 0 Å². The van der Waals surface area contributed by atoms with Crippen molar-refractivity contribution in [3.63, 3.8) is 0 Å². The molecule has 2 aliphatic rings. The second kappa shape index (κ2) is 6.58. The Morgan fingerprint density at radius 2 is 2.20 bits per heavy atom. The summed E-state index contributed by atoms with van der Waals surface area (Å²) in [7, 11) is 0. The van der Waals surface area contributed by atoms with Gasteiger partial charge in [-0.1, -0.05) is 0 Å². The highest BCUT2D eigenvalue weighted by Crippen LogP contribution is 2.26. The molecule has 2 aliphatic heterocycles. The smallest absolute Gasteiger partial charge is 0.254 e. The van der Waals surface area contributed by atoms with Gasteiger partial charge in [-0.15, -0.1) is 12.4 Å². The topological polar surface area (TPSA) is 32.3 Å². The molecule has 1 aromatic rings. The van der Waals surface area contributed by atoms with Gasteiger partial charge < -0.3 is 10.2 Å². The van der Waals surface area contributed by atoms with Gasteiger partial charge in [0.1, 0.15) is 5.82 Å². The molecule has 2 saturated heterocycles. The number of carbonyl (C=O) groups excluding carboxylic acids is 1. The van der Waals surface area contributed by atoms with Gasteiger partial charge in [-0.2, -0.15) is 0 Å². The Morgan fingerprint density at radius 3 is 2.95 bits per heavy atom. The zero-order valence-electron chi connectivity index (χ0n) is 10.9. The first-order valence-electron chi connectivity index (χ1n) is 6.63. The van der Waals surface area contributed by atoms with Gasteiger partial charge in [0.25, 0.3) is 5.91 Å². The molecule has 6 heteroatoms. The molecule has 2 fully saturated rings. The molecule has 1 N–H and O–H groups in total. The highest BCUT2D eigenvalue weighted by atomic mass is 127. The summed E-state index contributed by atoms with van der Waals surface area (Å²) in [5.74, 6) is 0.324. The Bertz CT molecular complexity index is 514. The van der Waals surface area contributed by atoms with Gasteiger partial charge in [0.05, 0.1) is 5.56 Å². The predicted molar refractivity (Wildman–Crippen MR) is 86.8 cm³/mol. The third-order valence-electron chi connectivity index (χ3n) is 4.10. The van der Waals surface area contributed by atoms with Crippen molar-refractivity contribution in [1.82, 2.24) is 10.2 Å². The zero-order chi connectivity index (χ0) is 13.4.